The lowest BCUT2D eigenvalue weighted by molar-refractivity contribution is -0.255. The van der Waals surface area contributed by atoms with E-state index in [-0.39, 0.29) is 26.3 Å². The Morgan fingerprint density at radius 2 is 1.88 bits per heavy atom. The molecule has 16 heavy (non-hydrogen) atoms. The van der Waals surface area contributed by atoms with Gasteiger partial charge in [0.05, 0.1) is 26.7 Å². The van der Waals surface area contributed by atoms with Gasteiger partial charge in [-0.15, -0.1) is 0 Å². The predicted octanol–water partition coefficient (Wildman–Crippen LogP) is 1.15. The average molecular weight is 282 g/mol. The Bertz CT molecular complexity index is 537. The van der Waals surface area contributed by atoms with Gasteiger partial charge in [-0.2, -0.15) is 0 Å². The van der Waals surface area contributed by atoms with Crippen LogP contribution in [-0.2, 0) is 9.84 Å². The molecule has 0 amide bonds. The molecule has 7 heteroatoms. The number of benzene rings is 1. The van der Waals surface area contributed by atoms with Gasteiger partial charge in [0.2, 0.25) is 0 Å². The maximum atomic E-state index is 11.5. The lowest BCUT2D eigenvalue weighted by atomic mass is 10.2. The standard InChI is InChI=1S/C9H8Cl2O4S/c1-2-16(14,15)6-4-3-5(9(12)13)7(10)8(6)11/h3-4H,2H2,1H3,(H,12,13)/p-1. The first kappa shape index (κ1) is 13.3. The molecule has 0 saturated heterocycles. The number of hydrogen-bond donors (Lipinski definition) is 0. The highest BCUT2D eigenvalue weighted by atomic mass is 35.5. The van der Waals surface area contributed by atoms with E-state index < -0.39 is 15.8 Å². The van der Waals surface area contributed by atoms with Crippen molar-refractivity contribution in [2.75, 3.05) is 5.75 Å². The van der Waals surface area contributed by atoms with E-state index in [0.717, 1.165) is 12.1 Å². The summed E-state index contributed by atoms with van der Waals surface area (Å²) in [4.78, 5) is 10.4. The number of aromatic carboxylic acids is 1. The molecule has 88 valence electrons. The molecule has 0 aliphatic heterocycles. The van der Waals surface area contributed by atoms with Crippen LogP contribution in [0.25, 0.3) is 0 Å². The third kappa shape index (κ3) is 2.31. The van der Waals surface area contributed by atoms with Crippen molar-refractivity contribution in [3.63, 3.8) is 0 Å². The zero-order chi connectivity index (χ0) is 12.5. The van der Waals surface area contributed by atoms with Gasteiger partial charge in [-0.3, -0.25) is 0 Å². The quantitative estimate of drug-likeness (QED) is 0.833. The molecule has 0 saturated carbocycles. The van der Waals surface area contributed by atoms with Crippen LogP contribution in [0.3, 0.4) is 0 Å². The molecule has 4 nitrogen and oxygen atoms in total. The van der Waals surface area contributed by atoms with Crippen LogP contribution in [-0.4, -0.2) is 20.1 Å². The lowest BCUT2D eigenvalue weighted by Crippen LogP contribution is -2.23. The molecule has 0 atom stereocenters. The van der Waals surface area contributed by atoms with Crippen LogP contribution < -0.4 is 5.11 Å². The summed E-state index contributed by atoms with van der Waals surface area (Å²) >= 11 is 11.3. The summed E-state index contributed by atoms with van der Waals surface area (Å²) in [6, 6.07) is 2.17. The molecule has 0 radical (unpaired) electrons. The van der Waals surface area contributed by atoms with Crippen LogP contribution in [0, 0.1) is 0 Å². The van der Waals surface area contributed by atoms with E-state index in [9.17, 15) is 18.3 Å². The SMILES string of the molecule is CCS(=O)(=O)c1ccc(C(=O)[O-])c(Cl)c1Cl. The fourth-order valence-electron chi connectivity index (χ4n) is 1.09. The number of halogens is 2. The number of carboxylic acid groups (broad SMARTS) is 1. The Kier molecular flexibility index (Phi) is 3.83. The van der Waals surface area contributed by atoms with E-state index in [4.69, 9.17) is 23.2 Å². The van der Waals surface area contributed by atoms with Gasteiger partial charge in [0, 0.05) is 5.56 Å². The Morgan fingerprint density at radius 1 is 1.31 bits per heavy atom. The molecule has 1 aromatic rings. The molecule has 0 spiro atoms. The summed E-state index contributed by atoms with van der Waals surface area (Å²) in [5.74, 6) is -1.65. The third-order valence-corrected chi connectivity index (χ3v) is 4.75. The summed E-state index contributed by atoms with van der Waals surface area (Å²) in [7, 11) is -3.52. The molecule has 0 aromatic heterocycles. The second-order valence-electron chi connectivity index (χ2n) is 2.93. The summed E-state index contributed by atoms with van der Waals surface area (Å²) in [6.45, 7) is 1.45. The van der Waals surface area contributed by atoms with E-state index in [1.54, 1.807) is 0 Å². The van der Waals surface area contributed by atoms with Gasteiger partial charge in [0.1, 0.15) is 0 Å². The van der Waals surface area contributed by atoms with Crippen LogP contribution in [0.1, 0.15) is 17.3 Å². The Labute approximate surface area is 103 Å². The van der Waals surface area contributed by atoms with E-state index >= 15 is 0 Å². The first-order chi connectivity index (χ1) is 7.31. The third-order valence-electron chi connectivity index (χ3n) is 1.98. The van der Waals surface area contributed by atoms with Crippen molar-refractivity contribution in [1.82, 2.24) is 0 Å². The molecular weight excluding hydrogens is 275 g/mol. The molecule has 0 unspecified atom stereocenters. The Morgan fingerprint density at radius 3 is 2.31 bits per heavy atom. The normalized spacial score (nSPS) is 11.4. The molecule has 0 fully saturated rings. The molecule has 0 aliphatic carbocycles. The minimum Gasteiger partial charge on any atom is -0.545 e. The van der Waals surface area contributed by atoms with E-state index in [0.29, 0.717) is 0 Å². The molecule has 1 rings (SSSR count). The fraction of sp³-hybridized carbons (Fsp3) is 0.222. The van der Waals surface area contributed by atoms with Crippen molar-refractivity contribution < 1.29 is 18.3 Å². The molecule has 0 bridgehead atoms. The predicted molar refractivity (Wildman–Crippen MR) is 58.5 cm³/mol. The van der Waals surface area contributed by atoms with Crippen molar-refractivity contribution >= 4 is 39.0 Å². The van der Waals surface area contributed by atoms with Crippen LogP contribution in [0.15, 0.2) is 17.0 Å². The molecular formula is C9H7Cl2O4S-. The molecule has 0 heterocycles. The maximum absolute atomic E-state index is 11.5. The molecule has 0 N–H and O–H groups in total. The lowest BCUT2D eigenvalue weighted by Gasteiger charge is -2.10. The largest absolute Gasteiger partial charge is 0.545 e. The summed E-state index contributed by atoms with van der Waals surface area (Å²) in [5.41, 5.74) is -0.332. The summed E-state index contributed by atoms with van der Waals surface area (Å²) in [5, 5.41) is 9.99. The number of carbonyl (C=O) groups is 1. The van der Waals surface area contributed by atoms with E-state index in [1.165, 1.54) is 6.92 Å². The summed E-state index contributed by atoms with van der Waals surface area (Å²) in [6.07, 6.45) is 0. The number of sulfone groups is 1. The van der Waals surface area contributed by atoms with Gasteiger partial charge >= 0.3 is 0 Å². The second kappa shape index (κ2) is 4.61. The highest BCUT2D eigenvalue weighted by Gasteiger charge is 2.19. The smallest absolute Gasteiger partial charge is 0.179 e. The van der Waals surface area contributed by atoms with Crippen LogP contribution in [0.4, 0.5) is 0 Å². The zero-order valence-corrected chi connectivity index (χ0v) is 10.5. The van der Waals surface area contributed by atoms with E-state index in [2.05, 4.69) is 0 Å². The highest BCUT2D eigenvalue weighted by molar-refractivity contribution is 7.91. The Balaban J connectivity index is 3.51. The van der Waals surface area contributed by atoms with Gasteiger partial charge < -0.3 is 9.90 Å². The van der Waals surface area contributed by atoms with Crippen molar-refractivity contribution in [1.29, 1.82) is 0 Å². The minimum absolute atomic E-state index is 0.145. The zero-order valence-electron chi connectivity index (χ0n) is 8.16. The topological polar surface area (TPSA) is 74.3 Å². The van der Waals surface area contributed by atoms with E-state index in [1.807, 2.05) is 0 Å². The summed E-state index contributed by atoms with van der Waals surface area (Å²) < 4.78 is 23.1. The molecule has 0 aliphatic rings. The number of hydrogen-bond acceptors (Lipinski definition) is 4. The second-order valence-corrected chi connectivity index (χ2v) is 5.93. The van der Waals surface area contributed by atoms with Gasteiger partial charge in [-0.05, 0) is 6.07 Å². The minimum atomic E-state index is -3.52. The van der Waals surface area contributed by atoms with Gasteiger partial charge in [0.25, 0.3) is 0 Å². The van der Waals surface area contributed by atoms with Crippen LogP contribution in [0.2, 0.25) is 10.0 Å². The van der Waals surface area contributed by atoms with Crippen molar-refractivity contribution in [2.24, 2.45) is 0 Å². The van der Waals surface area contributed by atoms with Crippen LogP contribution >= 0.6 is 23.2 Å². The van der Waals surface area contributed by atoms with Gasteiger partial charge in [-0.25, -0.2) is 8.42 Å². The first-order valence-electron chi connectivity index (χ1n) is 4.23. The van der Waals surface area contributed by atoms with Gasteiger partial charge in [0.15, 0.2) is 9.84 Å². The first-order valence-corrected chi connectivity index (χ1v) is 6.64. The monoisotopic (exact) mass is 281 g/mol. The maximum Gasteiger partial charge on any atom is 0.179 e. The van der Waals surface area contributed by atoms with Crippen LogP contribution in [0.5, 0.6) is 0 Å². The van der Waals surface area contributed by atoms with Crippen molar-refractivity contribution in [3.8, 4) is 0 Å². The highest BCUT2D eigenvalue weighted by Crippen LogP contribution is 2.32. The van der Waals surface area contributed by atoms with Crippen molar-refractivity contribution in [3.05, 3.63) is 27.7 Å². The Hall–Kier alpha value is -0.780. The van der Waals surface area contributed by atoms with Crippen molar-refractivity contribution in [2.45, 2.75) is 11.8 Å². The average Bonchev–Trinajstić information content (AvgIpc) is 2.21. The number of carbonyl (C=O) groups excluding carboxylic acids is 1. The fourth-order valence-corrected chi connectivity index (χ4v) is 2.86. The molecule has 1 aromatic carbocycles. The van der Waals surface area contributed by atoms with Gasteiger partial charge in [-0.1, -0.05) is 36.2 Å². The number of carboxylic acids is 1. The number of rotatable bonds is 3.